The molecular weight excluding hydrogens is 220 g/mol. The fraction of sp³-hybridized carbons (Fsp3) is 0.250. The second-order valence-corrected chi connectivity index (χ2v) is 5.34. The molecule has 2 heteroatoms. The van der Waals surface area contributed by atoms with E-state index in [0.29, 0.717) is 0 Å². The lowest BCUT2D eigenvalue weighted by Crippen LogP contribution is -2.39. The van der Waals surface area contributed by atoms with Crippen LogP contribution in [0.5, 0.6) is 0 Å². The first-order chi connectivity index (χ1) is 8.48. The van der Waals surface area contributed by atoms with E-state index in [1.807, 2.05) is 50.2 Å². The average Bonchev–Trinajstić information content (AvgIpc) is 2.28. The van der Waals surface area contributed by atoms with Crippen molar-refractivity contribution in [3.05, 3.63) is 65.7 Å². The number of nitrogens with two attached hydrogens (primary N) is 2. The highest BCUT2D eigenvalue weighted by Gasteiger charge is 2.28. The van der Waals surface area contributed by atoms with Crippen molar-refractivity contribution in [3.63, 3.8) is 0 Å². The lowest BCUT2D eigenvalue weighted by molar-refractivity contribution is 0.457. The van der Waals surface area contributed by atoms with Gasteiger partial charge in [-0.05, 0) is 37.1 Å². The lowest BCUT2D eigenvalue weighted by atomic mass is 9.78. The number of benzene rings is 2. The molecule has 1 atom stereocenters. The zero-order valence-corrected chi connectivity index (χ0v) is 10.9. The minimum atomic E-state index is -0.338. The minimum absolute atomic E-state index is 0.141. The molecule has 0 saturated carbocycles. The molecule has 1 unspecified atom stereocenters. The topological polar surface area (TPSA) is 52.0 Å². The molecule has 0 fully saturated rings. The van der Waals surface area contributed by atoms with Crippen molar-refractivity contribution in [1.29, 1.82) is 0 Å². The van der Waals surface area contributed by atoms with Gasteiger partial charge in [-0.1, -0.05) is 42.5 Å². The highest BCUT2D eigenvalue weighted by molar-refractivity contribution is 5.46. The number of hydrogen-bond acceptors (Lipinski definition) is 2. The SMILES string of the molecule is CC(C)(N)C(c1ccccc1)c1cccc(N)c1. The van der Waals surface area contributed by atoms with Crippen molar-refractivity contribution in [2.24, 2.45) is 5.73 Å². The normalized spacial score (nSPS) is 13.3. The predicted molar refractivity (Wildman–Crippen MR) is 77.4 cm³/mol. The Morgan fingerprint density at radius 2 is 1.50 bits per heavy atom. The van der Waals surface area contributed by atoms with Gasteiger partial charge in [0.05, 0.1) is 0 Å². The fourth-order valence-corrected chi connectivity index (χ4v) is 2.44. The van der Waals surface area contributed by atoms with Crippen LogP contribution in [0, 0.1) is 0 Å². The Kier molecular flexibility index (Phi) is 3.39. The van der Waals surface area contributed by atoms with Crippen molar-refractivity contribution < 1.29 is 0 Å². The molecule has 18 heavy (non-hydrogen) atoms. The number of hydrogen-bond donors (Lipinski definition) is 2. The van der Waals surface area contributed by atoms with Crippen LogP contribution >= 0.6 is 0 Å². The quantitative estimate of drug-likeness (QED) is 0.810. The van der Waals surface area contributed by atoms with E-state index in [9.17, 15) is 0 Å². The molecular formula is C16H20N2. The van der Waals surface area contributed by atoms with Gasteiger partial charge in [-0.25, -0.2) is 0 Å². The first kappa shape index (κ1) is 12.7. The molecule has 0 heterocycles. The monoisotopic (exact) mass is 240 g/mol. The smallest absolute Gasteiger partial charge is 0.0316 e. The van der Waals surface area contributed by atoms with Gasteiger partial charge in [-0.15, -0.1) is 0 Å². The molecule has 0 aliphatic rings. The van der Waals surface area contributed by atoms with E-state index in [-0.39, 0.29) is 11.5 Å². The molecule has 2 aromatic rings. The van der Waals surface area contributed by atoms with Gasteiger partial charge in [0, 0.05) is 17.1 Å². The standard InChI is InChI=1S/C16H20N2/c1-16(2,18)15(12-7-4-3-5-8-12)13-9-6-10-14(17)11-13/h3-11,15H,17-18H2,1-2H3. The van der Waals surface area contributed by atoms with Gasteiger partial charge in [0.25, 0.3) is 0 Å². The van der Waals surface area contributed by atoms with Gasteiger partial charge >= 0.3 is 0 Å². The fourth-order valence-electron chi connectivity index (χ4n) is 2.44. The van der Waals surface area contributed by atoms with Crippen LogP contribution < -0.4 is 11.5 Å². The highest BCUT2D eigenvalue weighted by atomic mass is 14.7. The van der Waals surface area contributed by atoms with Gasteiger partial charge in [-0.2, -0.15) is 0 Å². The third-order valence-corrected chi connectivity index (χ3v) is 3.12. The van der Waals surface area contributed by atoms with Crippen LogP contribution in [0.4, 0.5) is 5.69 Å². The molecule has 0 radical (unpaired) electrons. The van der Waals surface area contributed by atoms with Crippen LogP contribution in [-0.2, 0) is 0 Å². The third kappa shape index (κ3) is 2.71. The maximum absolute atomic E-state index is 6.35. The van der Waals surface area contributed by atoms with Crippen LogP contribution in [-0.4, -0.2) is 5.54 Å². The Balaban J connectivity index is 2.51. The Bertz CT molecular complexity index is 512. The Morgan fingerprint density at radius 1 is 0.889 bits per heavy atom. The summed E-state index contributed by atoms with van der Waals surface area (Å²) in [5.74, 6) is 0.141. The van der Waals surface area contributed by atoms with E-state index >= 15 is 0 Å². The summed E-state index contributed by atoms with van der Waals surface area (Å²) in [7, 11) is 0. The average molecular weight is 240 g/mol. The number of anilines is 1. The maximum atomic E-state index is 6.35. The molecule has 0 amide bonds. The molecule has 0 aliphatic heterocycles. The van der Waals surface area contributed by atoms with E-state index in [0.717, 1.165) is 11.3 Å². The van der Waals surface area contributed by atoms with Gasteiger partial charge in [0.1, 0.15) is 0 Å². The van der Waals surface area contributed by atoms with Gasteiger partial charge in [0.15, 0.2) is 0 Å². The van der Waals surface area contributed by atoms with Crippen LogP contribution in [0.3, 0.4) is 0 Å². The Hall–Kier alpha value is -1.80. The van der Waals surface area contributed by atoms with Crippen molar-refractivity contribution >= 4 is 5.69 Å². The van der Waals surface area contributed by atoms with Crippen LogP contribution in [0.15, 0.2) is 54.6 Å². The molecule has 0 saturated heterocycles. The molecule has 0 spiro atoms. The third-order valence-electron chi connectivity index (χ3n) is 3.12. The molecule has 0 aliphatic carbocycles. The lowest BCUT2D eigenvalue weighted by Gasteiger charge is -2.31. The summed E-state index contributed by atoms with van der Waals surface area (Å²) in [5.41, 5.74) is 15.0. The molecule has 2 rings (SSSR count). The van der Waals surface area contributed by atoms with E-state index in [1.54, 1.807) is 0 Å². The van der Waals surface area contributed by atoms with Gasteiger partial charge < -0.3 is 11.5 Å². The van der Waals surface area contributed by atoms with Crippen molar-refractivity contribution in [1.82, 2.24) is 0 Å². The zero-order valence-electron chi connectivity index (χ0n) is 10.9. The molecule has 0 aromatic heterocycles. The van der Waals surface area contributed by atoms with Crippen LogP contribution in [0.1, 0.15) is 30.9 Å². The molecule has 2 nitrogen and oxygen atoms in total. The van der Waals surface area contributed by atoms with E-state index in [2.05, 4.69) is 18.2 Å². The summed E-state index contributed by atoms with van der Waals surface area (Å²) in [6, 6.07) is 18.3. The highest BCUT2D eigenvalue weighted by Crippen LogP contribution is 2.33. The molecule has 2 aromatic carbocycles. The van der Waals surface area contributed by atoms with Crippen LogP contribution in [0.2, 0.25) is 0 Å². The molecule has 0 bridgehead atoms. The molecule has 94 valence electrons. The zero-order chi connectivity index (χ0) is 13.2. The minimum Gasteiger partial charge on any atom is -0.399 e. The summed E-state index contributed by atoms with van der Waals surface area (Å²) in [4.78, 5) is 0. The van der Waals surface area contributed by atoms with Gasteiger partial charge in [0.2, 0.25) is 0 Å². The van der Waals surface area contributed by atoms with E-state index < -0.39 is 0 Å². The summed E-state index contributed by atoms with van der Waals surface area (Å²) < 4.78 is 0. The predicted octanol–water partition coefficient (Wildman–Crippen LogP) is 3.14. The summed E-state index contributed by atoms with van der Waals surface area (Å²) in [5, 5.41) is 0. The summed E-state index contributed by atoms with van der Waals surface area (Å²) >= 11 is 0. The van der Waals surface area contributed by atoms with Crippen molar-refractivity contribution in [2.45, 2.75) is 25.3 Å². The maximum Gasteiger partial charge on any atom is 0.0316 e. The second kappa shape index (κ2) is 4.83. The molecule has 4 N–H and O–H groups in total. The number of nitrogen functional groups attached to an aromatic ring is 1. The second-order valence-electron chi connectivity index (χ2n) is 5.34. The summed E-state index contributed by atoms with van der Waals surface area (Å²) in [6.07, 6.45) is 0. The first-order valence-electron chi connectivity index (χ1n) is 6.18. The summed E-state index contributed by atoms with van der Waals surface area (Å²) in [6.45, 7) is 4.10. The number of rotatable bonds is 3. The largest absolute Gasteiger partial charge is 0.399 e. The van der Waals surface area contributed by atoms with Crippen LogP contribution in [0.25, 0.3) is 0 Å². The Morgan fingerprint density at radius 3 is 2.06 bits per heavy atom. The van der Waals surface area contributed by atoms with Gasteiger partial charge in [-0.3, -0.25) is 0 Å². The van der Waals surface area contributed by atoms with Crippen molar-refractivity contribution in [2.75, 3.05) is 5.73 Å². The van der Waals surface area contributed by atoms with E-state index in [4.69, 9.17) is 11.5 Å². The van der Waals surface area contributed by atoms with E-state index in [1.165, 1.54) is 5.56 Å². The first-order valence-corrected chi connectivity index (χ1v) is 6.18. The van der Waals surface area contributed by atoms with Crippen molar-refractivity contribution in [3.8, 4) is 0 Å². The Labute approximate surface area is 109 Å².